The Labute approximate surface area is 136 Å². The van der Waals surface area contributed by atoms with Crippen molar-refractivity contribution in [2.24, 2.45) is 5.92 Å². The van der Waals surface area contributed by atoms with E-state index in [9.17, 15) is 13.2 Å². The summed E-state index contributed by atoms with van der Waals surface area (Å²) in [6, 6.07) is 9.87. The average molecular weight is 338 g/mol. The minimum atomic E-state index is -3.56. The van der Waals surface area contributed by atoms with Crippen LogP contribution in [-0.4, -0.2) is 42.4 Å². The Hall–Kier alpha value is -1.44. The molecule has 3 rings (SSSR count). The summed E-state index contributed by atoms with van der Waals surface area (Å²) in [7, 11) is -3.56. The molecule has 1 saturated heterocycles. The molecule has 1 aromatic carbocycles. The van der Waals surface area contributed by atoms with Gasteiger partial charge in [-0.15, -0.1) is 0 Å². The standard InChI is InChI=1S/C16H22N2O4S/c19-15(20)14-6-10-18(11-7-14)23(21,22)17-16(8-9-16)12-13-4-2-1-3-5-13/h1-5,14,17H,6-12H2,(H,19,20). The first-order chi connectivity index (χ1) is 10.9. The zero-order valence-corrected chi connectivity index (χ0v) is 13.8. The van der Waals surface area contributed by atoms with Gasteiger partial charge in [-0.3, -0.25) is 4.79 Å². The summed E-state index contributed by atoms with van der Waals surface area (Å²) in [4.78, 5) is 11.0. The van der Waals surface area contributed by atoms with Crippen LogP contribution < -0.4 is 4.72 Å². The van der Waals surface area contributed by atoms with Gasteiger partial charge in [0.1, 0.15) is 0 Å². The summed E-state index contributed by atoms with van der Waals surface area (Å²) in [5.41, 5.74) is 0.751. The molecule has 1 heterocycles. The Bertz CT molecular complexity index is 663. The fraction of sp³-hybridized carbons (Fsp3) is 0.562. The van der Waals surface area contributed by atoms with Crippen LogP contribution in [0, 0.1) is 5.92 Å². The number of piperidine rings is 1. The molecule has 6 nitrogen and oxygen atoms in total. The van der Waals surface area contributed by atoms with Gasteiger partial charge in [-0.1, -0.05) is 30.3 Å². The molecule has 126 valence electrons. The van der Waals surface area contributed by atoms with Crippen molar-refractivity contribution >= 4 is 16.2 Å². The van der Waals surface area contributed by atoms with Crippen molar-refractivity contribution in [1.29, 1.82) is 0 Å². The maximum Gasteiger partial charge on any atom is 0.306 e. The molecule has 2 fully saturated rings. The predicted molar refractivity (Wildman–Crippen MR) is 86.1 cm³/mol. The molecule has 1 aliphatic carbocycles. The van der Waals surface area contributed by atoms with Crippen molar-refractivity contribution in [2.45, 2.75) is 37.6 Å². The monoisotopic (exact) mass is 338 g/mol. The van der Waals surface area contributed by atoms with Crippen molar-refractivity contribution in [3.05, 3.63) is 35.9 Å². The van der Waals surface area contributed by atoms with E-state index in [4.69, 9.17) is 5.11 Å². The molecular formula is C16H22N2O4S. The van der Waals surface area contributed by atoms with Gasteiger partial charge in [0, 0.05) is 18.6 Å². The lowest BCUT2D eigenvalue weighted by atomic mass is 9.99. The fourth-order valence-electron chi connectivity index (χ4n) is 3.13. The third-order valence-electron chi connectivity index (χ3n) is 4.73. The van der Waals surface area contributed by atoms with Gasteiger partial charge in [0.2, 0.25) is 0 Å². The number of carboxylic acids is 1. The van der Waals surface area contributed by atoms with Crippen molar-refractivity contribution in [1.82, 2.24) is 9.03 Å². The molecule has 1 aromatic rings. The Morgan fingerprint density at radius 1 is 1.22 bits per heavy atom. The van der Waals surface area contributed by atoms with Crippen molar-refractivity contribution in [2.75, 3.05) is 13.1 Å². The van der Waals surface area contributed by atoms with Gasteiger partial charge in [0.25, 0.3) is 10.2 Å². The van der Waals surface area contributed by atoms with Crippen LogP contribution in [0.5, 0.6) is 0 Å². The highest BCUT2D eigenvalue weighted by atomic mass is 32.2. The molecule has 0 radical (unpaired) electrons. The molecular weight excluding hydrogens is 316 g/mol. The second-order valence-electron chi connectivity index (χ2n) is 6.56. The van der Waals surface area contributed by atoms with Crippen molar-refractivity contribution in [3.8, 4) is 0 Å². The SMILES string of the molecule is O=C(O)C1CCN(S(=O)(=O)NC2(Cc3ccccc3)CC2)CC1. The molecule has 0 spiro atoms. The number of benzene rings is 1. The predicted octanol–water partition coefficient (Wildman–Crippen LogP) is 1.39. The molecule has 0 amide bonds. The first-order valence-electron chi connectivity index (χ1n) is 7.96. The first-order valence-corrected chi connectivity index (χ1v) is 9.40. The molecule has 23 heavy (non-hydrogen) atoms. The number of hydrogen-bond acceptors (Lipinski definition) is 3. The first kappa shape index (κ1) is 16.4. The summed E-state index contributed by atoms with van der Waals surface area (Å²) < 4.78 is 29.4. The van der Waals surface area contributed by atoms with Crippen LogP contribution in [0.25, 0.3) is 0 Å². The second kappa shape index (κ2) is 6.22. The number of rotatable bonds is 6. The van der Waals surface area contributed by atoms with Crippen molar-refractivity contribution < 1.29 is 18.3 Å². The lowest BCUT2D eigenvalue weighted by Gasteiger charge is -2.31. The Morgan fingerprint density at radius 3 is 2.35 bits per heavy atom. The van der Waals surface area contributed by atoms with Gasteiger partial charge < -0.3 is 5.11 Å². The van der Waals surface area contributed by atoms with Gasteiger partial charge >= 0.3 is 5.97 Å². The lowest BCUT2D eigenvalue weighted by Crippen LogP contribution is -2.50. The molecule has 2 N–H and O–H groups in total. The number of nitrogens with one attached hydrogen (secondary N) is 1. The molecule has 2 aliphatic rings. The third-order valence-corrected chi connectivity index (χ3v) is 6.46. The topological polar surface area (TPSA) is 86.7 Å². The van der Waals surface area contributed by atoms with E-state index in [0.29, 0.717) is 19.3 Å². The average Bonchev–Trinajstić information content (AvgIpc) is 3.26. The van der Waals surface area contributed by atoms with Gasteiger partial charge in [0.05, 0.1) is 5.92 Å². The van der Waals surface area contributed by atoms with E-state index in [1.165, 1.54) is 4.31 Å². The number of carboxylic acid groups (broad SMARTS) is 1. The zero-order chi connectivity index (χ0) is 16.5. The van der Waals surface area contributed by atoms with Gasteiger partial charge in [-0.2, -0.15) is 17.4 Å². The van der Waals surface area contributed by atoms with E-state index >= 15 is 0 Å². The van der Waals surface area contributed by atoms with E-state index in [1.807, 2.05) is 30.3 Å². The highest BCUT2D eigenvalue weighted by Gasteiger charge is 2.47. The van der Waals surface area contributed by atoms with Crippen molar-refractivity contribution in [3.63, 3.8) is 0 Å². The molecule has 0 aromatic heterocycles. The summed E-state index contributed by atoms with van der Waals surface area (Å²) >= 11 is 0. The summed E-state index contributed by atoms with van der Waals surface area (Å²) in [5, 5.41) is 9.00. The Morgan fingerprint density at radius 2 is 1.83 bits per heavy atom. The van der Waals surface area contributed by atoms with Crippen LogP contribution in [0.2, 0.25) is 0 Å². The Kier molecular flexibility index (Phi) is 4.44. The molecule has 0 unspecified atom stereocenters. The van der Waals surface area contributed by atoms with Crippen LogP contribution in [-0.2, 0) is 21.4 Å². The van der Waals surface area contributed by atoms with Crippen LogP contribution in [0.3, 0.4) is 0 Å². The van der Waals surface area contributed by atoms with E-state index in [1.54, 1.807) is 0 Å². The highest BCUT2D eigenvalue weighted by Crippen LogP contribution is 2.39. The van der Waals surface area contributed by atoms with Gasteiger partial charge in [0.15, 0.2) is 0 Å². The number of aliphatic carboxylic acids is 1. The molecule has 0 bridgehead atoms. The van der Waals surface area contributed by atoms with Crippen LogP contribution in [0.15, 0.2) is 30.3 Å². The summed E-state index contributed by atoms with van der Waals surface area (Å²) in [6.07, 6.45) is 3.13. The Balaban J connectivity index is 1.62. The van der Waals surface area contributed by atoms with Crippen LogP contribution in [0.1, 0.15) is 31.2 Å². The maximum atomic E-state index is 12.6. The van der Waals surface area contributed by atoms with Crippen LogP contribution in [0.4, 0.5) is 0 Å². The molecule has 1 aliphatic heterocycles. The smallest absolute Gasteiger partial charge is 0.306 e. The maximum absolute atomic E-state index is 12.6. The van der Waals surface area contributed by atoms with E-state index in [2.05, 4.69) is 4.72 Å². The zero-order valence-electron chi connectivity index (χ0n) is 12.9. The number of hydrogen-bond donors (Lipinski definition) is 2. The van der Waals surface area contributed by atoms with E-state index < -0.39 is 22.1 Å². The van der Waals surface area contributed by atoms with Crippen LogP contribution >= 0.6 is 0 Å². The van der Waals surface area contributed by atoms with E-state index in [0.717, 1.165) is 18.4 Å². The van der Waals surface area contributed by atoms with E-state index in [-0.39, 0.29) is 18.6 Å². The third kappa shape index (κ3) is 3.91. The summed E-state index contributed by atoms with van der Waals surface area (Å²) in [5.74, 6) is -1.27. The minimum Gasteiger partial charge on any atom is -0.481 e. The summed E-state index contributed by atoms with van der Waals surface area (Å²) in [6.45, 7) is 0.543. The second-order valence-corrected chi connectivity index (χ2v) is 8.23. The highest BCUT2D eigenvalue weighted by molar-refractivity contribution is 7.87. The molecule has 7 heteroatoms. The number of nitrogens with zero attached hydrogens (tertiary/aromatic N) is 1. The van der Waals surface area contributed by atoms with Gasteiger partial charge in [-0.05, 0) is 37.7 Å². The largest absolute Gasteiger partial charge is 0.481 e. The fourth-order valence-corrected chi connectivity index (χ4v) is 4.78. The van der Waals surface area contributed by atoms with Gasteiger partial charge in [-0.25, -0.2) is 0 Å². The minimum absolute atomic E-state index is 0.272. The number of carbonyl (C=O) groups is 1. The molecule has 0 atom stereocenters. The quantitative estimate of drug-likeness (QED) is 0.821. The molecule has 1 saturated carbocycles. The normalized spacial score (nSPS) is 21.9. The lowest BCUT2D eigenvalue weighted by molar-refractivity contribution is -0.142.